The fourth-order valence-electron chi connectivity index (χ4n) is 2.82. The SMILES string of the molecule is CCCCN(C(=O)COc1ccc(Br)cc1)c1c(N)n(CC(C)C)c(=O)[nH]c1=O. The number of hydrogen-bond acceptors (Lipinski definition) is 5. The lowest BCUT2D eigenvalue weighted by Gasteiger charge is -2.25. The molecule has 0 fully saturated rings. The molecule has 29 heavy (non-hydrogen) atoms. The van der Waals surface area contributed by atoms with Crippen LogP contribution in [0.2, 0.25) is 0 Å². The molecule has 2 aromatic rings. The van der Waals surface area contributed by atoms with Gasteiger partial charge in [0.1, 0.15) is 11.6 Å². The second kappa shape index (κ2) is 10.3. The average molecular weight is 467 g/mol. The van der Waals surface area contributed by atoms with Crippen molar-refractivity contribution in [1.82, 2.24) is 9.55 Å². The number of benzene rings is 1. The predicted molar refractivity (Wildman–Crippen MR) is 117 cm³/mol. The first-order valence-corrected chi connectivity index (χ1v) is 10.3. The first kappa shape index (κ1) is 22.7. The van der Waals surface area contributed by atoms with Crippen molar-refractivity contribution in [3.05, 3.63) is 49.6 Å². The molecule has 158 valence electrons. The predicted octanol–water partition coefficient (Wildman–Crippen LogP) is 2.75. The van der Waals surface area contributed by atoms with Crippen LogP contribution in [0, 0.1) is 5.92 Å². The zero-order chi connectivity index (χ0) is 21.6. The number of nitrogens with one attached hydrogen (secondary N) is 1. The number of hydrogen-bond donors (Lipinski definition) is 2. The molecule has 3 N–H and O–H groups in total. The number of nitrogen functional groups attached to an aromatic ring is 1. The van der Waals surface area contributed by atoms with E-state index in [1.165, 1.54) is 9.47 Å². The maximum Gasteiger partial charge on any atom is 0.330 e. The van der Waals surface area contributed by atoms with E-state index >= 15 is 0 Å². The van der Waals surface area contributed by atoms with Gasteiger partial charge in [-0.1, -0.05) is 43.1 Å². The normalized spacial score (nSPS) is 10.9. The third-order valence-corrected chi connectivity index (χ3v) is 4.77. The van der Waals surface area contributed by atoms with Gasteiger partial charge in [0.2, 0.25) is 0 Å². The van der Waals surface area contributed by atoms with Crippen molar-refractivity contribution >= 4 is 33.3 Å². The quantitative estimate of drug-likeness (QED) is 0.589. The summed E-state index contributed by atoms with van der Waals surface area (Å²) in [6.07, 6.45) is 1.49. The molecule has 0 unspecified atom stereocenters. The van der Waals surface area contributed by atoms with Gasteiger partial charge in [-0.25, -0.2) is 4.79 Å². The zero-order valence-corrected chi connectivity index (χ0v) is 18.5. The van der Waals surface area contributed by atoms with Gasteiger partial charge in [0.05, 0.1) is 0 Å². The number of carbonyl (C=O) groups excluding carboxylic acids is 1. The number of anilines is 2. The van der Waals surface area contributed by atoms with Gasteiger partial charge in [0.15, 0.2) is 12.3 Å². The Balaban J connectivity index is 2.35. The highest BCUT2D eigenvalue weighted by atomic mass is 79.9. The van der Waals surface area contributed by atoms with E-state index in [0.717, 1.165) is 10.9 Å². The number of ether oxygens (including phenoxy) is 1. The number of unbranched alkanes of at least 4 members (excludes halogenated alkanes) is 1. The topological polar surface area (TPSA) is 110 Å². The molecule has 0 aliphatic rings. The van der Waals surface area contributed by atoms with Gasteiger partial charge in [-0.3, -0.25) is 19.1 Å². The van der Waals surface area contributed by atoms with E-state index in [0.29, 0.717) is 25.3 Å². The van der Waals surface area contributed by atoms with Crippen LogP contribution in [-0.2, 0) is 11.3 Å². The van der Waals surface area contributed by atoms with Crippen LogP contribution in [0.25, 0.3) is 0 Å². The van der Waals surface area contributed by atoms with E-state index in [1.807, 2.05) is 20.8 Å². The number of carbonyl (C=O) groups is 1. The minimum Gasteiger partial charge on any atom is -0.484 e. The van der Waals surface area contributed by atoms with Crippen molar-refractivity contribution in [3.63, 3.8) is 0 Å². The first-order chi connectivity index (χ1) is 13.7. The summed E-state index contributed by atoms with van der Waals surface area (Å²) in [5, 5.41) is 0. The van der Waals surface area contributed by atoms with Crippen molar-refractivity contribution < 1.29 is 9.53 Å². The molecule has 2 rings (SSSR count). The van der Waals surface area contributed by atoms with Crippen molar-refractivity contribution in [3.8, 4) is 5.75 Å². The Kier molecular flexibility index (Phi) is 8.07. The molecule has 0 aliphatic heterocycles. The minimum absolute atomic E-state index is 0.0110. The van der Waals surface area contributed by atoms with Crippen molar-refractivity contribution in [2.45, 2.75) is 40.2 Å². The Bertz CT molecular complexity index is 950. The molecule has 1 aromatic heterocycles. The smallest absolute Gasteiger partial charge is 0.330 e. The molecule has 0 saturated heterocycles. The van der Waals surface area contributed by atoms with Crippen LogP contribution in [0.3, 0.4) is 0 Å². The van der Waals surface area contributed by atoms with Gasteiger partial charge in [-0.05, 0) is 36.6 Å². The van der Waals surface area contributed by atoms with E-state index in [1.54, 1.807) is 24.3 Å². The maximum atomic E-state index is 12.9. The molecule has 9 heteroatoms. The fraction of sp³-hybridized carbons (Fsp3) is 0.450. The van der Waals surface area contributed by atoms with E-state index in [-0.39, 0.29) is 24.0 Å². The maximum absolute atomic E-state index is 12.9. The largest absolute Gasteiger partial charge is 0.484 e. The van der Waals surface area contributed by atoms with E-state index < -0.39 is 17.2 Å². The van der Waals surface area contributed by atoms with E-state index in [9.17, 15) is 14.4 Å². The van der Waals surface area contributed by atoms with Gasteiger partial charge in [0.25, 0.3) is 11.5 Å². The highest BCUT2D eigenvalue weighted by Gasteiger charge is 2.24. The third-order valence-electron chi connectivity index (χ3n) is 4.24. The average Bonchev–Trinajstić information content (AvgIpc) is 2.66. The summed E-state index contributed by atoms with van der Waals surface area (Å²) in [5.74, 6) is 0.242. The van der Waals surface area contributed by atoms with E-state index in [2.05, 4.69) is 20.9 Å². The number of aromatic amines is 1. The minimum atomic E-state index is -0.680. The van der Waals surface area contributed by atoms with Gasteiger partial charge in [0, 0.05) is 17.6 Å². The zero-order valence-electron chi connectivity index (χ0n) is 16.9. The molecule has 0 radical (unpaired) electrons. The highest BCUT2D eigenvalue weighted by Crippen LogP contribution is 2.20. The molecule has 0 bridgehead atoms. The number of aromatic nitrogens is 2. The number of nitrogens with zero attached hydrogens (tertiary/aromatic N) is 2. The van der Waals surface area contributed by atoms with Crippen LogP contribution in [-0.4, -0.2) is 28.6 Å². The van der Waals surface area contributed by atoms with Crippen LogP contribution in [0.5, 0.6) is 5.75 Å². The van der Waals surface area contributed by atoms with Gasteiger partial charge < -0.3 is 15.4 Å². The number of H-pyrrole nitrogens is 1. The Labute approximate surface area is 177 Å². The molecule has 8 nitrogen and oxygen atoms in total. The summed E-state index contributed by atoms with van der Waals surface area (Å²) in [6.45, 7) is 6.22. The Morgan fingerprint density at radius 2 is 1.93 bits per heavy atom. The summed E-state index contributed by atoms with van der Waals surface area (Å²) in [7, 11) is 0. The van der Waals surface area contributed by atoms with Crippen LogP contribution >= 0.6 is 15.9 Å². The van der Waals surface area contributed by atoms with Crippen LogP contribution in [0.1, 0.15) is 33.6 Å². The van der Waals surface area contributed by atoms with Crippen molar-refractivity contribution in [2.75, 3.05) is 23.8 Å². The summed E-state index contributed by atoms with van der Waals surface area (Å²) in [6, 6.07) is 7.08. The lowest BCUT2D eigenvalue weighted by Crippen LogP contribution is -2.43. The second-order valence-corrected chi connectivity index (χ2v) is 8.05. The van der Waals surface area contributed by atoms with E-state index in [4.69, 9.17) is 10.5 Å². The van der Waals surface area contributed by atoms with Crippen molar-refractivity contribution in [2.24, 2.45) is 5.92 Å². The fourth-order valence-corrected chi connectivity index (χ4v) is 3.08. The highest BCUT2D eigenvalue weighted by molar-refractivity contribution is 9.10. The van der Waals surface area contributed by atoms with Crippen molar-refractivity contribution in [1.29, 1.82) is 0 Å². The standard InChI is InChI=1S/C20H27BrN4O4/c1-4-5-10-24(16(26)12-29-15-8-6-14(21)7-9-15)17-18(22)25(11-13(2)3)20(28)23-19(17)27/h6-9,13H,4-5,10-12,22H2,1-3H3,(H,23,27,28). The monoisotopic (exact) mass is 466 g/mol. The number of nitrogens with two attached hydrogens (primary N) is 1. The molecule has 0 saturated carbocycles. The molecule has 1 heterocycles. The molecule has 1 amide bonds. The summed E-state index contributed by atoms with van der Waals surface area (Å²) in [4.78, 5) is 41.2. The Hall–Kier alpha value is -2.55. The molecule has 1 aromatic carbocycles. The summed E-state index contributed by atoms with van der Waals surface area (Å²) >= 11 is 3.34. The van der Waals surface area contributed by atoms with Gasteiger partial charge in [-0.15, -0.1) is 0 Å². The third kappa shape index (κ3) is 5.96. The second-order valence-electron chi connectivity index (χ2n) is 7.14. The lowest BCUT2D eigenvalue weighted by atomic mass is 10.2. The van der Waals surface area contributed by atoms with Gasteiger partial charge in [-0.2, -0.15) is 0 Å². The summed E-state index contributed by atoms with van der Waals surface area (Å²) in [5.41, 5.74) is 4.90. The Morgan fingerprint density at radius 1 is 1.28 bits per heavy atom. The van der Waals surface area contributed by atoms with Gasteiger partial charge >= 0.3 is 5.69 Å². The van der Waals surface area contributed by atoms with Crippen LogP contribution in [0.4, 0.5) is 11.5 Å². The molecule has 0 spiro atoms. The summed E-state index contributed by atoms with van der Waals surface area (Å²) < 4.78 is 7.76. The molecular weight excluding hydrogens is 440 g/mol. The number of halogens is 1. The lowest BCUT2D eigenvalue weighted by molar-refractivity contribution is -0.120. The number of amides is 1. The number of rotatable bonds is 9. The first-order valence-electron chi connectivity index (χ1n) is 9.55. The molecular formula is C20H27BrN4O4. The molecule has 0 atom stereocenters. The molecule has 0 aliphatic carbocycles. The van der Waals surface area contributed by atoms with Crippen LogP contribution in [0.15, 0.2) is 38.3 Å². The Morgan fingerprint density at radius 3 is 2.52 bits per heavy atom. The van der Waals surface area contributed by atoms with Crippen LogP contribution < -0.4 is 26.6 Å².